The number of halogens is 1. The molecule has 12 nitrogen and oxygen atoms in total. The molecule has 2 aromatic carbocycles. The van der Waals surface area contributed by atoms with Gasteiger partial charge in [0.15, 0.2) is 11.9 Å². The molecule has 0 saturated carbocycles. The van der Waals surface area contributed by atoms with E-state index < -0.39 is 28.6 Å². The summed E-state index contributed by atoms with van der Waals surface area (Å²) in [5.74, 6) is -0.380. The number of nitrogens with zero attached hydrogens (tertiary/aromatic N) is 3. The first-order valence-corrected chi connectivity index (χ1v) is 13.4. The number of nitro benzene ring substituents is 1. The van der Waals surface area contributed by atoms with Crippen molar-refractivity contribution in [3.05, 3.63) is 104 Å². The van der Waals surface area contributed by atoms with E-state index in [-0.39, 0.29) is 28.2 Å². The van der Waals surface area contributed by atoms with Crippen molar-refractivity contribution in [1.29, 1.82) is 0 Å². The Morgan fingerprint density at radius 1 is 1.12 bits per heavy atom. The minimum Gasteiger partial charge on any atom is -0.486 e. The minimum atomic E-state index is -1.07. The number of carbonyl (C=O) groups is 2. The van der Waals surface area contributed by atoms with Crippen LogP contribution in [0.3, 0.4) is 0 Å². The first-order chi connectivity index (χ1) is 20.1. The highest BCUT2D eigenvalue weighted by Crippen LogP contribution is 2.37. The van der Waals surface area contributed by atoms with E-state index in [1.807, 2.05) is 38.1 Å². The fraction of sp³-hybridized carbons (Fsp3) is 0.207. The maximum absolute atomic E-state index is 12.5. The topological polar surface area (TPSA) is 147 Å². The summed E-state index contributed by atoms with van der Waals surface area (Å²) in [5.41, 5.74) is 5.49. The van der Waals surface area contributed by atoms with Crippen LogP contribution in [-0.4, -0.2) is 40.8 Å². The number of carbonyl (C=O) groups excluding carboxylic acids is 2. The van der Waals surface area contributed by atoms with Crippen LogP contribution in [0.5, 0.6) is 11.5 Å². The quantitative estimate of drug-likeness (QED) is 0.0960. The molecule has 1 N–H and O–H groups in total. The molecule has 0 bridgehead atoms. The van der Waals surface area contributed by atoms with Gasteiger partial charge in [0.25, 0.3) is 0 Å². The van der Waals surface area contributed by atoms with Gasteiger partial charge in [0, 0.05) is 28.7 Å². The van der Waals surface area contributed by atoms with Gasteiger partial charge in [-0.15, -0.1) is 0 Å². The average molecular weight is 639 g/mol. The zero-order valence-corrected chi connectivity index (χ0v) is 24.7. The van der Waals surface area contributed by atoms with Crippen LogP contribution in [-0.2, 0) is 16.1 Å². The van der Waals surface area contributed by atoms with Gasteiger partial charge in [-0.2, -0.15) is 5.10 Å². The third kappa shape index (κ3) is 7.04. The zero-order valence-electron chi connectivity index (χ0n) is 23.1. The molecule has 1 amide bonds. The maximum Gasteiger partial charge on any atom is 0.346 e. The van der Waals surface area contributed by atoms with Crippen LogP contribution in [0.4, 0.5) is 5.69 Å². The number of nitro groups is 1. The van der Waals surface area contributed by atoms with Gasteiger partial charge in [-0.1, -0.05) is 0 Å². The number of esters is 1. The number of furan rings is 1. The number of hydrazone groups is 1. The molecule has 0 unspecified atom stereocenters. The van der Waals surface area contributed by atoms with Gasteiger partial charge >= 0.3 is 17.6 Å². The number of nitrogens with one attached hydrogen (secondary N) is 1. The second kappa shape index (κ2) is 13.2. The summed E-state index contributed by atoms with van der Waals surface area (Å²) in [6.45, 7) is 5.60. The van der Waals surface area contributed by atoms with Gasteiger partial charge in [0.2, 0.25) is 5.75 Å². The van der Waals surface area contributed by atoms with Crippen LogP contribution in [0.1, 0.15) is 40.2 Å². The number of aromatic nitrogens is 1. The minimum absolute atomic E-state index is 0.00682. The van der Waals surface area contributed by atoms with Crippen LogP contribution in [0.2, 0.25) is 0 Å². The molecule has 2 aromatic heterocycles. The summed E-state index contributed by atoms with van der Waals surface area (Å²) in [7, 11) is 1.18. The third-order valence-electron chi connectivity index (χ3n) is 6.08. The Morgan fingerprint density at radius 3 is 2.45 bits per heavy atom. The SMILES string of the molecule is COC(=O)[C@H](C)Oc1c(Br)cc(/C=N/NC(=O)c2ccc(COc3ccc(-n4c(C)ccc4C)cc3)o2)cc1[N+](=O)[O-]. The lowest BCUT2D eigenvalue weighted by Gasteiger charge is -2.14. The predicted octanol–water partition coefficient (Wildman–Crippen LogP) is 5.64. The molecule has 0 aliphatic heterocycles. The first-order valence-electron chi connectivity index (χ1n) is 12.6. The van der Waals surface area contributed by atoms with Crippen molar-refractivity contribution < 1.29 is 33.1 Å². The summed E-state index contributed by atoms with van der Waals surface area (Å²) < 4.78 is 23.7. The molecule has 0 spiro atoms. The summed E-state index contributed by atoms with van der Waals surface area (Å²) >= 11 is 3.22. The van der Waals surface area contributed by atoms with Crippen LogP contribution < -0.4 is 14.9 Å². The van der Waals surface area contributed by atoms with Gasteiger partial charge in [0.1, 0.15) is 18.1 Å². The molecule has 13 heteroatoms. The Balaban J connectivity index is 1.35. The molecule has 0 fully saturated rings. The number of rotatable bonds is 11. The molecule has 218 valence electrons. The van der Waals surface area contributed by atoms with E-state index in [2.05, 4.69) is 47.9 Å². The van der Waals surface area contributed by atoms with Crippen molar-refractivity contribution >= 4 is 39.7 Å². The molecule has 1 atom stereocenters. The lowest BCUT2D eigenvalue weighted by molar-refractivity contribution is -0.386. The van der Waals surface area contributed by atoms with E-state index >= 15 is 0 Å². The largest absolute Gasteiger partial charge is 0.486 e. The number of aryl methyl sites for hydroxylation is 2. The standard InChI is InChI=1S/C29H27BrN4O8/c1-17-5-6-18(2)33(17)21-7-9-22(10-8-21)40-16-23-11-12-26(42-23)28(35)32-31-15-20-13-24(30)27(25(14-20)34(37)38)41-19(3)29(36)39-4/h5-15,19H,16H2,1-4H3,(H,32,35)/b31-15+/t19-/m0/s1. The maximum atomic E-state index is 12.5. The van der Waals surface area contributed by atoms with Gasteiger partial charge in [-0.3, -0.25) is 14.9 Å². The zero-order chi connectivity index (χ0) is 30.4. The van der Waals surface area contributed by atoms with Crippen molar-refractivity contribution in [3.8, 4) is 17.2 Å². The molecular formula is C29H27BrN4O8. The Kier molecular flexibility index (Phi) is 9.42. The number of amides is 1. The monoisotopic (exact) mass is 638 g/mol. The van der Waals surface area contributed by atoms with E-state index in [0.29, 0.717) is 11.5 Å². The summed E-state index contributed by atoms with van der Waals surface area (Å²) in [5, 5.41) is 15.5. The normalized spacial score (nSPS) is 11.7. The number of hydrogen-bond acceptors (Lipinski definition) is 9. The van der Waals surface area contributed by atoms with Gasteiger partial charge < -0.3 is 23.2 Å². The summed E-state index contributed by atoms with van der Waals surface area (Å²) in [6.07, 6.45) is 0.146. The highest BCUT2D eigenvalue weighted by atomic mass is 79.9. The molecule has 0 saturated heterocycles. The van der Waals surface area contributed by atoms with Crippen molar-refractivity contribution in [1.82, 2.24) is 9.99 Å². The summed E-state index contributed by atoms with van der Waals surface area (Å²) in [4.78, 5) is 35.1. The van der Waals surface area contributed by atoms with Gasteiger partial charge in [0.05, 0.1) is 22.7 Å². The molecular weight excluding hydrogens is 612 g/mol. The molecule has 0 aliphatic carbocycles. The fourth-order valence-corrected chi connectivity index (χ4v) is 4.60. The number of methoxy groups -OCH3 is 1. The average Bonchev–Trinajstić information content (AvgIpc) is 3.58. The number of benzene rings is 2. The second-order valence-electron chi connectivity index (χ2n) is 9.09. The van der Waals surface area contributed by atoms with E-state index in [9.17, 15) is 19.7 Å². The van der Waals surface area contributed by atoms with Crippen molar-refractivity contribution in [2.45, 2.75) is 33.5 Å². The van der Waals surface area contributed by atoms with Crippen LogP contribution in [0.25, 0.3) is 5.69 Å². The summed E-state index contributed by atoms with van der Waals surface area (Å²) in [6, 6.07) is 17.5. The molecule has 2 heterocycles. The number of hydrogen-bond donors (Lipinski definition) is 1. The van der Waals surface area contributed by atoms with Crippen LogP contribution in [0, 0.1) is 24.0 Å². The number of ether oxygens (including phenoxy) is 3. The van der Waals surface area contributed by atoms with E-state index in [1.165, 1.54) is 38.4 Å². The molecule has 0 radical (unpaired) electrons. The van der Waals surface area contributed by atoms with E-state index in [1.54, 1.807) is 6.07 Å². The lowest BCUT2D eigenvalue weighted by atomic mass is 10.2. The first kappa shape index (κ1) is 30.1. The molecule has 42 heavy (non-hydrogen) atoms. The Morgan fingerprint density at radius 2 is 1.81 bits per heavy atom. The van der Waals surface area contributed by atoms with Crippen LogP contribution >= 0.6 is 15.9 Å². The van der Waals surface area contributed by atoms with Crippen molar-refractivity contribution in [2.24, 2.45) is 5.10 Å². The van der Waals surface area contributed by atoms with Crippen molar-refractivity contribution in [3.63, 3.8) is 0 Å². The highest BCUT2D eigenvalue weighted by molar-refractivity contribution is 9.10. The lowest BCUT2D eigenvalue weighted by Crippen LogP contribution is -2.25. The third-order valence-corrected chi connectivity index (χ3v) is 6.67. The molecule has 4 aromatic rings. The van der Waals surface area contributed by atoms with Crippen molar-refractivity contribution in [2.75, 3.05) is 7.11 Å². The predicted molar refractivity (Wildman–Crippen MR) is 156 cm³/mol. The highest BCUT2D eigenvalue weighted by Gasteiger charge is 2.25. The van der Waals surface area contributed by atoms with Gasteiger partial charge in [-0.05, 0) is 91.3 Å². The Labute approximate surface area is 249 Å². The Bertz CT molecular complexity index is 1620. The second-order valence-corrected chi connectivity index (χ2v) is 9.94. The Hall–Kier alpha value is -4.91. The van der Waals surface area contributed by atoms with E-state index in [4.69, 9.17) is 13.9 Å². The fourth-order valence-electron chi connectivity index (χ4n) is 4.04. The smallest absolute Gasteiger partial charge is 0.346 e. The molecule has 4 rings (SSSR count). The van der Waals surface area contributed by atoms with E-state index in [0.717, 1.165) is 17.1 Å². The molecule has 0 aliphatic rings. The van der Waals surface area contributed by atoms with Crippen LogP contribution in [0.15, 0.2) is 74.7 Å². The van der Waals surface area contributed by atoms with Gasteiger partial charge in [-0.25, -0.2) is 10.2 Å².